The van der Waals surface area contributed by atoms with Gasteiger partial charge in [0.1, 0.15) is 0 Å². The van der Waals surface area contributed by atoms with Crippen molar-refractivity contribution in [2.75, 3.05) is 18.5 Å². The van der Waals surface area contributed by atoms with Crippen LogP contribution in [-0.4, -0.2) is 30.1 Å². The number of carbonyl (C=O) groups excluding carboxylic acids is 2. The quantitative estimate of drug-likeness (QED) is 0.650. The lowest BCUT2D eigenvalue weighted by molar-refractivity contribution is -0.121. The molecular weight excluding hydrogens is 304 g/mol. The van der Waals surface area contributed by atoms with Crippen molar-refractivity contribution in [2.24, 2.45) is 11.3 Å². The van der Waals surface area contributed by atoms with Crippen molar-refractivity contribution < 1.29 is 14.7 Å². The summed E-state index contributed by atoms with van der Waals surface area (Å²) in [5.74, 6) is 0.212. The number of benzene rings is 1. The molecule has 0 radical (unpaired) electrons. The van der Waals surface area contributed by atoms with E-state index >= 15 is 0 Å². The van der Waals surface area contributed by atoms with Crippen molar-refractivity contribution in [3.8, 4) is 0 Å². The number of rotatable bonds is 9. The van der Waals surface area contributed by atoms with E-state index in [2.05, 4.69) is 10.6 Å². The van der Waals surface area contributed by atoms with Gasteiger partial charge < -0.3 is 15.7 Å². The Hall–Kier alpha value is -1.88. The smallest absolute Gasteiger partial charge is 0.227 e. The van der Waals surface area contributed by atoms with Crippen molar-refractivity contribution in [1.82, 2.24) is 5.32 Å². The molecule has 1 saturated carbocycles. The van der Waals surface area contributed by atoms with Crippen molar-refractivity contribution >= 4 is 17.5 Å². The van der Waals surface area contributed by atoms with Crippen LogP contribution >= 0.6 is 0 Å². The molecule has 1 aromatic carbocycles. The third-order valence-electron chi connectivity index (χ3n) is 5.03. The topological polar surface area (TPSA) is 78.4 Å². The van der Waals surface area contributed by atoms with E-state index in [0.717, 1.165) is 36.9 Å². The number of aliphatic hydroxyl groups is 1. The second-order valence-corrected chi connectivity index (χ2v) is 6.78. The molecule has 0 aliphatic heterocycles. The summed E-state index contributed by atoms with van der Waals surface area (Å²) in [6, 6.07) is 7.39. The van der Waals surface area contributed by atoms with Crippen LogP contribution in [0.3, 0.4) is 0 Å². The van der Waals surface area contributed by atoms with Gasteiger partial charge in [-0.3, -0.25) is 9.59 Å². The molecule has 2 rings (SSSR count). The van der Waals surface area contributed by atoms with Gasteiger partial charge in [-0.05, 0) is 43.4 Å². The highest BCUT2D eigenvalue weighted by molar-refractivity contribution is 5.94. The summed E-state index contributed by atoms with van der Waals surface area (Å²) < 4.78 is 0. The standard InChI is InChI=1S/C19H28N2O3/c1-3-19(4-2,13-22)12-20-17(23)11-14-5-9-16(10-6-14)21-18(24)15-7-8-15/h5-6,9-10,15,22H,3-4,7-8,11-13H2,1-2H3,(H,20,23)(H,21,24). The number of amides is 2. The normalized spacial score (nSPS) is 14.3. The van der Waals surface area contributed by atoms with E-state index in [-0.39, 0.29) is 29.8 Å². The predicted molar refractivity (Wildman–Crippen MR) is 94.6 cm³/mol. The van der Waals surface area contributed by atoms with Gasteiger partial charge in [-0.15, -0.1) is 0 Å². The number of hydrogen-bond donors (Lipinski definition) is 3. The third-order valence-corrected chi connectivity index (χ3v) is 5.03. The fourth-order valence-corrected chi connectivity index (χ4v) is 2.61. The highest BCUT2D eigenvalue weighted by Crippen LogP contribution is 2.30. The predicted octanol–water partition coefficient (Wildman–Crippen LogP) is 2.49. The average molecular weight is 332 g/mol. The molecule has 3 N–H and O–H groups in total. The van der Waals surface area contributed by atoms with Crippen molar-refractivity contribution in [3.63, 3.8) is 0 Å². The molecule has 5 heteroatoms. The zero-order valence-corrected chi connectivity index (χ0v) is 14.6. The number of carbonyl (C=O) groups is 2. The maximum Gasteiger partial charge on any atom is 0.227 e. The molecule has 1 aliphatic carbocycles. The molecule has 0 atom stereocenters. The summed E-state index contributed by atoms with van der Waals surface area (Å²) >= 11 is 0. The molecule has 0 aromatic heterocycles. The van der Waals surface area contributed by atoms with E-state index in [0.29, 0.717) is 13.0 Å². The summed E-state index contributed by atoms with van der Waals surface area (Å²) in [5.41, 5.74) is 1.44. The summed E-state index contributed by atoms with van der Waals surface area (Å²) in [4.78, 5) is 23.8. The number of hydrogen-bond acceptors (Lipinski definition) is 3. The first-order valence-electron chi connectivity index (χ1n) is 8.79. The fourth-order valence-electron chi connectivity index (χ4n) is 2.61. The molecular formula is C19H28N2O3. The van der Waals surface area contributed by atoms with Gasteiger partial charge >= 0.3 is 0 Å². The maximum absolute atomic E-state index is 12.1. The van der Waals surface area contributed by atoms with Crippen LogP contribution in [-0.2, 0) is 16.0 Å². The minimum atomic E-state index is -0.230. The molecule has 132 valence electrons. The van der Waals surface area contributed by atoms with Crippen LogP contribution in [0.25, 0.3) is 0 Å². The first-order valence-corrected chi connectivity index (χ1v) is 8.79. The van der Waals surface area contributed by atoms with Crippen LogP contribution in [0.2, 0.25) is 0 Å². The lowest BCUT2D eigenvalue weighted by atomic mass is 9.83. The number of nitrogens with one attached hydrogen (secondary N) is 2. The first kappa shape index (κ1) is 18.5. The highest BCUT2D eigenvalue weighted by Gasteiger charge is 2.29. The molecule has 0 spiro atoms. The van der Waals surface area contributed by atoms with Gasteiger partial charge in [0.05, 0.1) is 13.0 Å². The van der Waals surface area contributed by atoms with Gasteiger partial charge in [-0.2, -0.15) is 0 Å². The summed E-state index contributed by atoms with van der Waals surface area (Å²) in [5, 5.41) is 15.4. The van der Waals surface area contributed by atoms with Crippen LogP contribution < -0.4 is 10.6 Å². The molecule has 0 saturated heterocycles. The molecule has 5 nitrogen and oxygen atoms in total. The monoisotopic (exact) mass is 332 g/mol. The van der Waals surface area contributed by atoms with E-state index in [4.69, 9.17) is 0 Å². The molecule has 0 heterocycles. The molecule has 2 amide bonds. The lowest BCUT2D eigenvalue weighted by Gasteiger charge is -2.29. The van der Waals surface area contributed by atoms with Crippen LogP contribution in [0.4, 0.5) is 5.69 Å². The Morgan fingerprint density at radius 3 is 2.29 bits per heavy atom. The van der Waals surface area contributed by atoms with Gasteiger partial charge in [0.25, 0.3) is 0 Å². The van der Waals surface area contributed by atoms with Crippen LogP contribution in [0, 0.1) is 11.3 Å². The van der Waals surface area contributed by atoms with Gasteiger partial charge in [-0.1, -0.05) is 26.0 Å². The fraction of sp³-hybridized carbons (Fsp3) is 0.579. The van der Waals surface area contributed by atoms with E-state index in [9.17, 15) is 14.7 Å². The van der Waals surface area contributed by atoms with Crippen molar-refractivity contribution in [3.05, 3.63) is 29.8 Å². The maximum atomic E-state index is 12.1. The van der Waals surface area contributed by atoms with Crippen LogP contribution in [0.5, 0.6) is 0 Å². The summed E-state index contributed by atoms with van der Waals surface area (Å²) in [6.07, 6.45) is 3.92. The van der Waals surface area contributed by atoms with Crippen molar-refractivity contribution in [1.29, 1.82) is 0 Å². The van der Waals surface area contributed by atoms with Gasteiger partial charge in [-0.25, -0.2) is 0 Å². The molecule has 0 bridgehead atoms. The van der Waals surface area contributed by atoms with Gasteiger partial charge in [0.2, 0.25) is 11.8 Å². The molecule has 0 unspecified atom stereocenters. The van der Waals surface area contributed by atoms with Crippen LogP contribution in [0.1, 0.15) is 45.1 Å². The highest BCUT2D eigenvalue weighted by atomic mass is 16.3. The minimum Gasteiger partial charge on any atom is -0.396 e. The lowest BCUT2D eigenvalue weighted by Crippen LogP contribution is -2.39. The number of anilines is 1. The molecule has 1 aromatic rings. The summed E-state index contributed by atoms with van der Waals surface area (Å²) in [6.45, 7) is 4.63. The van der Waals surface area contributed by atoms with Gasteiger partial charge in [0, 0.05) is 23.6 Å². The first-order chi connectivity index (χ1) is 11.5. The SMILES string of the molecule is CCC(CC)(CO)CNC(=O)Cc1ccc(NC(=O)C2CC2)cc1. The van der Waals surface area contributed by atoms with E-state index < -0.39 is 0 Å². The van der Waals surface area contributed by atoms with E-state index in [1.807, 2.05) is 38.1 Å². The Morgan fingerprint density at radius 2 is 1.79 bits per heavy atom. The minimum absolute atomic E-state index is 0.0514. The second-order valence-electron chi connectivity index (χ2n) is 6.78. The summed E-state index contributed by atoms with van der Waals surface area (Å²) in [7, 11) is 0. The zero-order valence-electron chi connectivity index (χ0n) is 14.6. The zero-order chi connectivity index (χ0) is 17.6. The van der Waals surface area contributed by atoms with E-state index in [1.165, 1.54) is 0 Å². The number of aliphatic hydroxyl groups excluding tert-OH is 1. The Bertz CT molecular complexity index is 552. The second kappa shape index (κ2) is 8.29. The van der Waals surface area contributed by atoms with E-state index in [1.54, 1.807) is 0 Å². The third kappa shape index (κ3) is 5.06. The molecule has 1 aliphatic rings. The Balaban J connectivity index is 1.82. The largest absolute Gasteiger partial charge is 0.396 e. The Kier molecular flexibility index (Phi) is 6.37. The Labute approximate surface area is 143 Å². The Morgan fingerprint density at radius 1 is 1.17 bits per heavy atom. The average Bonchev–Trinajstić information content (AvgIpc) is 3.43. The molecule has 24 heavy (non-hydrogen) atoms. The molecule has 1 fully saturated rings. The van der Waals surface area contributed by atoms with Gasteiger partial charge in [0.15, 0.2) is 0 Å². The van der Waals surface area contributed by atoms with Crippen LogP contribution in [0.15, 0.2) is 24.3 Å². The van der Waals surface area contributed by atoms with Crippen molar-refractivity contribution in [2.45, 2.75) is 46.0 Å².